The highest BCUT2D eigenvalue weighted by Gasteiger charge is 2.62. The molecule has 2 aliphatic heterocycles. The Morgan fingerprint density at radius 3 is 2.31 bits per heavy atom. The zero-order chi connectivity index (χ0) is 38.6. The molecule has 1 saturated carbocycles. The average molecular weight is 740 g/mol. The van der Waals surface area contributed by atoms with Crippen molar-refractivity contribution in [1.29, 1.82) is 0 Å². The van der Waals surface area contributed by atoms with Gasteiger partial charge in [-0.3, -0.25) is 9.59 Å². The highest BCUT2D eigenvalue weighted by Crippen LogP contribution is 2.46. The third-order valence-electron chi connectivity index (χ3n) is 10.2. The fourth-order valence-corrected chi connectivity index (χ4v) is 7.33. The molecule has 6 rings (SSSR count). The lowest BCUT2D eigenvalue weighted by Crippen LogP contribution is -2.56. The number of carbonyl (C=O) groups is 4. The van der Waals surface area contributed by atoms with Crippen LogP contribution in [0.5, 0.6) is 0 Å². The maximum Gasteiger partial charge on any atom is 0.408 e. The summed E-state index contributed by atoms with van der Waals surface area (Å²) in [4.78, 5) is 60.6. The minimum absolute atomic E-state index is 0.112. The van der Waals surface area contributed by atoms with Crippen LogP contribution >= 0.6 is 0 Å². The molecule has 0 spiro atoms. The van der Waals surface area contributed by atoms with Crippen molar-refractivity contribution < 1.29 is 28.7 Å². The van der Waals surface area contributed by atoms with Crippen LogP contribution in [0.25, 0.3) is 22.5 Å². The van der Waals surface area contributed by atoms with Crippen molar-refractivity contribution in [3.63, 3.8) is 0 Å². The van der Waals surface area contributed by atoms with E-state index < -0.39 is 53.1 Å². The van der Waals surface area contributed by atoms with Crippen LogP contribution < -0.4 is 15.5 Å². The molecule has 3 aliphatic rings. The molecule has 3 heterocycles. The molecular formula is C41H53N7O6. The van der Waals surface area contributed by atoms with Gasteiger partial charge in [-0.05, 0) is 65.5 Å². The Kier molecular flexibility index (Phi) is 11.4. The van der Waals surface area contributed by atoms with Crippen molar-refractivity contribution in [2.75, 3.05) is 32.1 Å². The van der Waals surface area contributed by atoms with E-state index in [4.69, 9.17) is 19.7 Å². The van der Waals surface area contributed by atoms with Gasteiger partial charge >= 0.3 is 12.1 Å². The van der Waals surface area contributed by atoms with Crippen molar-refractivity contribution >= 4 is 29.6 Å². The van der Waals surface area contributed by atoms with Gasteiger partial charge in [0.1, 0.15) is 34.6 Å². The molecule has 2 N–H and O–H groups in total. The topological polar surface area (TPSA) is 148 Å². The van der Waals surface area contributed by atoms with Crippen molar-refractivity contribution in [3.8, 4) is 22.5 Å². The maximum atomic E-state index is 14.6. The molecule has 54 heavy (non-hydrogen) atoms. The molecule has 1 saturated heterocycles. The number of allylic oxidation sites excluding steroid dienone is 1. The summed E-state index contributed by atoms with van der Waals surface area (Å²) in [7, 11) is 3.97. The number of ether oxygens (including phenoxy) is 2. The van der Waals surface area contributed by atoms with Crippen molar-refractivity contribution in [3.05, 3.63) is 66.7 Å². The quantitative estimate of drug-likeness (QED) is 0.231. The summed E-state index contributed by atoms with van der Waals surface area (Å²) >= 11 is 0. The van der Waals surface area contributed by atoms with E-state index in [9.17, 15) is 19.2 Å². The van der Waals surface area contributed by atoms with Crippen LogP contribution in [-0.2, 0) is 23.9 Å². The van der Waals surface area contributed by atoms with Crippen LogP contribution in [-0.4, -0.2) is 94.2 Å². The molecule has 2 aromatic carbocycles. The van der Waals surface area contributed by atoms with Crippen LogP contribution in [0, 0.1) is 5.92 Å². The fraction of sp³-hybridized carbons (Fsp3) is 0.512. The second-order valence-corrected chi connectivity index (χ2v) is 15.7. The summed E-state index contributed by atoms with van der Waals surface area (Å²) in [5.74, 6) is -1.56. The van der Waals surface area contributed by atoms with Crippen molar-refractivity contribution in [2.45, 2.75) is 102 Å². The van der Waals surface area contributed by atoms with Gasteiger partial charge < -0.3 is 29.9 Å². The molecular weight excluding hydrogens is 686 g/mol. The second-order valence-electron chi connectivity index (χ2n) is 15.7. The number of anilines is 1. The Bertz CT molecular complexity index is 1850. The number of esters is 1. The number of carbonyl (C=O) groups excluding carboxylic acids is 4. The Balaban J connectivity index is 1.38. The Morgan fingerprint density at radius 1 is 0.981 bits per heavy atom. The first-order valence-corrected chi connectivity index (χ1v) is 19.1. The third kappa shape index (κ3) is 8.61. The van der Waals surface area contributed by atoms with E-state index in [0.29, 0.717) is 30.7 Å². The van der Waals surface area contributed by atoms with Gasteiger partial charge in [0.05, 0.1) is 12.6 Å². The summed E-state index contributed by atoms with van der Waals surface area (Å²) in [6.07, 6.45) is 7.51. The van der Waals surface area contributed by atoms with Crippen LogP contribution in [0.2, 0.25) is 0 Å². The number of nitrogens with zero attached hydrogens (tertiary/aromatic N) is 5. The van der Waals surface area contributed by atoms with Gasteiger partial charge in [-0.1, -0.05) is 67.5 Å². The van der Waals surface area contributed by atoms with Crippen LogP contribution in [0.1, 0.15) is 78.7 Å². The molecule has 5 atom stereocenters. The van der Waals surface area contributed by atoms with Gasteiger partial charge in [0.15, 0.2) is 0 Å². The Hall–Kier alpha value is -5.20. The second kappa shape index (κ2) is 16.0. The summed E-state index contributed by atoms with van der Waals surface area (Å²) in [5.41, 5.74) is 2.16. The summed E-state index contributed by atoms with van der Waals surface area (Å²) in [6, 6.07) is 15.5. The summed E-state index contributed by atoms with van der Waals surface area (Å²) < 4.78 is 11.0. The van der Waals surface area contributed by atoms with E-state index >= 15 is 0 Å². The standard InChI is InChI=1S/C41H53N7O6/c1-7-53-38(51)41-25-29(41)18-14-9-8-10-15-19-32(42-39(52)54-40(2,3)4)37(50)47-26-31(24-33(47)36(49)43-41)48-44-34(27-16-12-11-13-17-27)35(45-48)28-20-22-30(23-21-28)46(5)6/h11-14,16-18,20-23,29,31-33H,7-10,15,19,24-26H2,1-6H3,(H,42,52)(H,43,49)/b18-14-/t29-,31-,32+,33+,41-/m1/s1. The van der Waals surface area contributed by atoms with E-state index in [2.05, 4.69) is 16.7 Å². The van der Waals surface area contributed by atoms with E-state index in [1.165, 1.54) is 4.90 Å². The maximum absolute atomic E-state index is 14.6. The van der Waals surface area contributed by atoms with Crippen molar-refractivity contribution in [1.82, 2.24) is 30.5 Å². The number of nitrogens with one attached hydrogen (secondary N) is 2. The molecule has 1 aromatic heterocycles. The fourth-order valence-electron chi connectivity index (χ4n) is 7.33. The lowest BCUT2D eigenvalue weighted by molar-refractivity contribution is -0.150. The molecule has 3 amide bonds. The first kappa shape index (κ1) is 38.5. The summed E-state index contributed by atoms with van der Waals surface area (Å²) in [6.45, 7) is 7.32. The van der Waals surface area contributed by atoms with Crippen LogP contribution in [0.15, 0.2) is 66.7 Å². The average Bonchev–Trinajstić information content (AvgIpc) is 3.43. The van der Waals surface area contributed by atoms with Crippen molar-refractivity contribution in [2.24, 2.45) is 5.92 Å². The highest BCUT2D eigenvalue weighted by molar-refractivity contribution is 5.96. The molecule has 13 nitrogen and oxygen atoms in total. The third-order valence-corrected chi connectivity index (χ3v) is 10.2. The SMILES string of the molecule is CCOC(=O)[C@@]12C[C@H]1/C=C\CCCCC[C@H](NC(=O)OC(C)(C)C)C(=O)N1C[C@H](n3nc(-c4ccccc4)c(-c4ccc(N(C)C)cc4)n3)C[C@H]1C(=O)N2. The van der Waals surface area contributed by atoms with Crippen LogP contribution in [0.4, 0.5) is 10.5 Å². The van der Waals surface area contributed by atoms with E-state index in [0.717, 1.165) is 36.1 Å². The number of hydrogen-bond donors (Lipinski definition) is 2. The zero-order valence-electron chi connectivity index (χ0n) is 32.2. The Morgan fingerprint density at radius 2 is 1.67 bits per heavy atom. The van der Waals surface area contributed by atoms with E-state index in [-0.39, 0.29) is 25.5 Å². The lowest BCUT2D eigenvalue weighted by Gasteiger charge is -2.30. The molecule has 0 radical (unpaired) electrons. The molecule has 0 bridgehead atoms. The number of hydrogen-bond acceptors (Lipinski definition) is 9. The zero-order valence-corrected chi connectivity index (χ0v) is 32.2. The molecule has 288 valence electrons. The molecule has 13 heteroatoms. The van der Waals surface area contributed by atoms with Crippen LogP contribution in [0.3, 0.4) is 0 Å². The first-order valence-electron chi connectivity index (χ1n) is 19.1. The van der Waals surface area contributed by atoms with Gasteiger partial charge in [0.25, 0.3) is 0 Å². The Labute approximate surface area is 317 Å². The largest absolute Gasteiger partial charge is 0.464 e. The lowest BCUT2D eigenvalue weighted by atomic mass is 10.0. The highest BCUT2D eigenvalue weighted by atomic mass is 16.6. The van der Waals surface area contributed by atoms with Gasteiger partial charge in [-0.25, -0.2) is 9.59 Å². The number of fused-ring (bicyclic) bond motifs is 2. The van der Waals surface area contributed by atoms with Gasteiger partial charge in [0.2, 0.25) is 11.8 Å². The molecule has 3 aromatic rings. The first-order chi connectivity index (χ1) is 25.8. The minimum atomic E-state index is -1.21. The molecule has 2 fully saturated rings. The molecule has 0 unspecified atom stereocenters. The van der Waals surface area contributed by atoms with Gasteiger partial charge in [-0.15, -0.1) is 0 Å². The predicted molar refractivity (Wildman–Crippen MR) is 205 cm³/mol. The summed E-state index contributed by atoms with van der Waals surface area (Å²) in [5, 5.41) is 15.9. The normalized spacial score (nSPS) is 25.3. The smallest absolute Gasteiger partial charge is 0.408 e. The van der Waals surface area contributed by atoms with Gasteiger partial charge in [-0.2, -0.15) is 15.0 Å². The monoisotopic (exact) mass is 739 g/mol. The number of amides is 3. The van der Waals surface area contributed by atoms with E-state index in [1.54, 1.807) is 32.5 Å². The number of rotatable bonds is 7. The minimum Gasteiger partial charge on any atom is -0.464 e. The molecule has 1 aliphatic carbocycles. The number of aromatic nitrogens is 3. The number of alkyl carbamates (subject to hydrolysis) is 1. The van der Waals surface area contributed by atoms with Gasteiger partial charge in [0, 0.05) is 49.8 Å². The van der Waals surface area contributed by atoms with E-state index in [1.807, 2.05) is 79.7 Å². The number of benzene rings is 2. The predicted octanol–water partition coefficient (Wildman–Crippen LogP) is 5.67.